The summed E-state index contributed by atoms with van der Waals surface area (Å²) < 4.78 is 11.8. The number of carbonyl (C=O) groups excluding carboxylic acids is 2. The lowest BCUT2D eigenvalue weighted by molar-refractivity contribution is -0.132. The van der Waals surface area contributed by atoms with Crippen LogP contribution >= 0.6 is 11.3 Å². The zero-order valence-electron chi connectivity index (χ0n) is 19.8. The van der Waals surface area contributed by atoms with Crippen molar-refractivity contribution in [3.63, 3.8) is 0 Å². The number of aliphatic hydroxyl groups excluding tert-OH is 1. The second-order valence-corrected chi connectivity index (χ2v) is 9.87. The first kappa shape index (κ1) is 23.1. The Morgan fingerprint density at radius 1 is 1.11 bits per heavy atom. The van der Waals surface area contributed by atoms with Crippen molar-refractivity contribution < 1.29 is 29.3 Å². The molecule has 6 rings (SSSR count). The highest BCUT2D eigenvalue weighted by Gasteiger charge is 2.48. The lowest BCUT2D eigenvalue weighted by Gasteiger charge is -2.23. The maximum atomic E-state index is 13.4. The molecule has 37 heavy (non-hydrogen) atoms. The Labute approximate surface area is 216 Å². The number of carbonyl (C=O) groups is 2. The van der Waals surface area contributed by atoms with Crippen molar-refractivity contribution in [2.24, 2.45) is 0 Å². The molecule has 1 amide bonds. The molecular weight excluding hydrogens is 492 g/mol. The van der Waals surface area contributed by atoms with E-state index in [1.54, 1.807) is 49.6 Å². The van der Waals surface area contributed by atoms with E-state index in [2.05, 4.69) is 4.98 Å². The fourth-order valence-corrected chi connectivity index (χ4v) is 5.81. The highest BCUT2D eigenvalue weighted by Crippen LogP contribution is 2.45. The smallest absolute Gasteiger partial charge is 0.301 e. The average Bonchev–Trinajstić information content (AvgIpc) is 3.46. The van der Waals surface area contributed by atoms with Gasteiger partial charge in [-0.2, -0.15) is 0 Å². The minimum atomic E-state index is -0.935. The number of methoxy groups -OCH3 is 1. The van der Waals surface area contributed by atoms with Gasteiger partial charge in [0.25, 0.3) is 5.78 Å². The fraction of sp³-hybridized carbons (Fsp3) is 0.179. The molecule has 0 spiro atoms. The maximum Gasteiger partial charge on any atom is 0.301 e. The van der Waals surface area contributed by atoms with Crippen LogP contribution in [0, 0.1) is 0 Å². The third-order valence-electron chi connectivity index (χ3n) is 6.63. The summed E-state index contributed by atoms with van der Waals surface area (Å²) >= 11 is 1.25. The second-order valence-electron chi connectivity index (χ2n) is 8.87. The largest absolute Gasteiger partial charge is 0.508 e. The second kappa shape index (κ2) is 8.94. The number of aryl methyl sites for hydroxylation is 1. The van der Waals surface area contributed by atoms with Crippen LogP contribution in [0.4, 0.5) is 5.13 Å². The lowest BCUT2D eigenvalue weighted by Crippen LogP contribution is -2.29. The molecule has 1 fully saturated rings. The summed E-state index contributed by atoms with van der Waals surface area (Å²) in [4.78, 5) is 32.8. The van der Waals surface area contributed by atoms with E-state index in [9.17, 15) is 19.8 Å². The van der Waals surface area contributed by atoms with E-state index in [1.165, 1.54) is 28.4 Å². The number of aromatic hydroxyl groups is 1. The van der Waals surface area contributed by atoms with E-state index in [0.717, 1.165) is 28.9 Å². The summed E-state index contributed by atoms with van der Waals surface area (Å²) in [5.41, 5.74) is 2.54. The zero-order valence-corrected chi connectivity index (χ0v) is 20.6. The molecule has 0 radical (unpaired) electrons. The number of phenolic OH excluding ortho intramolecular Hbond substituents is 1. The number of Topliss-reactive ketones (excluding diaryl/α,β-unsaturated/α-hetero) is 1. The minimum absolute atomic E-state index is 0.0378. The molecule has 4 aromatic rings. The van der Waals surface area contributed by atoms with Crippen molar-refractivity contribution in [2.45, 2.75) is 18.9 Å². The van der Waals surface area contributed by atoms with E-state index in [-0.39, 0.29) is 17.1 Å². The van der Waals surface area contributed by atoms with E-state index >= 15 is 0 Å². The van der Waals surface area contributed by atoms with Crippen molar-refractivity contribution in [1.82, 2.24) is 4.98 Å². The van der Waals surface area contributed by atoms with Gasteiger partial charge in [-0.15, -0.1) is 0 Å². The minimum Gasteiger partial charge on any atom is -0.508 e. The van der Waals surface area contributed by atoms with E-state index in [0.29, 0.717) is 34.1 Å². The van der Waals surface area contributed by atoms with Crippen LogP contribution in [0.2, 0.25) is 0 Å². The van der Waals surface area contributed by atoms with Crippen molar-refractivity contribution in [3.8, 4) is 17.2 Å². The predicted molar refractivity (Wildman–Crippen MR) is 139 cm³/mol. The number of aliphatic hydroxyl groups is 1. The number of thiazole rings is 1. The van der Waals surface area contributed by atoms with E-state index in [1.807, 2.05) is 6.07 Å². The number of nitrogens with zero attached hydrogens (tertiary/aromatic N) is 2. The number of aromatic nitrogens is 1. The fourth-order valence-electron chi connectivity index (χ4n) is 4.79. The molecule has 8 nitrogen and oxygen atoms in total. The summed E-state index contributed by atoms with van der Waals surface area (Å²) in [5.74, 6) is -0.412. The molecule has 2 aliphatic heterocycles. The molecule has 1 saturated heterocycles. The molecule has 2 aliphatic rings. The van der Waals surface area contributed by atoms with Crippen LogP contribution in [0.5, 0.6) is 17.2 Å². The van der Waals surface area contributed by atoms with Crippen LogP contribution in [0.3, 0.4) is 0 Å². The summed E-state index contributed by atoms with van der Waals surface area (Å²) in [6.45, 7) is 0.637. The van der Waals surface area contributed by atoms with Gasteiger partial charge in [-0.25, -0.2) is 4.98 Å². The van der Waals surface area contributed by atoms with E-state index in [4.69, 9.17) is 9.47 Å². The number of rotatable bonds is 4. The Balaban J connectivity index is 1.52. The van der Waals surface area contributed by atoms with Gasteiger partial charge < -0.3 is 19.7 Å². The number of amides is 1. The van der Waals surface area contributed by atoms with Gasteiger partial charge in [-0.1, -0.05) is 23.5 Å². The van der Waals surface area contributed by atoms with Gasteiger partial charge in [0.15, 0.2) is 5.13 Å². The van der Waals surface area contributed by atoms with Crippen LogP contribution in [-0.2, 0) is 16.0 Å². The molecule has 1 atom stereocenters. The molecule has 1 unspecified atom stereocenters. The molecule has 186 valence electrons. The first-order valence-electron chi connectivity index (χ1n) is 11.7. The predicted octanol–water partition coefficient (Wildman–Crippen LogP) is 4.96. The third kappa shape index (κ3) is 3.88. The first-order chi connectivity index (χ1) is 17.9. The number of phenols is 1. The summed E-state index contributed by atoms with van der Waals surface area (Å²) in [6.07, 6.45) is 1.65. The van der Waals surface area contributed by atoms with Crippen LogP contribution < -0.4 is 14.4 Å². The molecule has 2 N–H and O–H groups in total. The Morgan fingerprint density at radius 3 is 2.70 bits per heavy atom. The number of ether oxygens (including phenoxy) is 2. The normalized spacial score (nSPS) is 18.6. The Bertz CT molecular complexity index is 1590. The molecule has 3 heterocycles. The van der Waals surface area contributed by atoms with Gasteiger partial charge in [0.05, 0.1) is 35.5 Å². The number of hydrogen-bond acceptors (Lipinski definition) is 8. The van der Waals surface area contributed by atoms with Crippen LogP contribution in [0.1, 0.15) is 29.2 Å². The van der Waals surface area contributed by atoms with Crippen molar-refractivity contribution in [1.29, 1.82) is 0 Å². The van der Waals surface area contributed by atoms with Gasteiger partial charge in [-0.3, -0.25) is 14.5 Å². The lowest BCUT2D eigenvalue weighted by atomic mass is 9.94. The number of fused-ring (bicyclic) bond motifs is 2. The van der Waals surface area contributed by atoms with Gasteiger partial charge in [-0.05, 0) is 72.5 Å². The average molecular weight is 515 g/mol. The van der Waals surface area contributed by atoms with Crippen LogP contribution in [0.25, 0.3) is 16.0 Å². The maximum absolute atomic E-state index is 13.4. The highest BCUT2D eigenvalue weighted by molar-refractivity contribution is 7.22. The zero-order chi connectivity index (χ0) is 25.7. The quantitative estimate of drug-likeness (QED) is 0.225. The summed E-state index contributed by atoms with van der Waals surface area (Å²) in [6, 6.07) is 15.9. The van der Waals surface area contributed by atoms with Crippen molar-refractivity contribution in [2.75, 3.05) is 18.6 Å². The monoisotopic (exact) mass is 514 g/mol. The molecule has 9 heteroatoms. The first-order valence-corrected chi connectivity index (χ1v) is 12.6. The number of benzene rings is 3. The molecular formula is C28H22N2O6S. The van der Waals surface area contributed by atoms with Gasteiger partial charge in [0.2, 0.25) is 0 Å². The molecule has 3 aromatic carbocycles. The standard InChI is InChI=1S/C28H22N2O6S/c1-35-19-9-10-20-22(14-19)37-28(29-20)30-24(15-4-7-18(31)8-5-15)23(26(33)27(30)34)25(32)17-6-11-21-16(13-17)3-2-12-36-21/h4-11,13-14,24,31-32H,2-3,12H2,1H3/b25-23+. The van der Waals surface area contributed by atoms with E-state index < -0.39 is 17.7 Å². The van der Waals surface area contributed by atoms with Crippen molar-refractivity contribution >= 4 is 44.1 Å². The number of ketones is 1. The van der Waals surface area contributed by atoms with Crippen LogP contribution in [0.15, 0.2) is 66.2 Å². The topological polar surface area (TPSA) is 109 Å². The Hall–Kier alpha value is -4.37. The Morgan fingerprint density at radius 2 is 1.92 bits per heavy atom. The molecule has 0 bridgehead atoms. The Kier molecular flexibility index (Phi) is 5.57. The van der Waals surface area contributed by atoms with Crippen LogP contribution in [-0.4, -0.2) is 40.6 Å². The van der Waals surface area contributed by atoms with Gasteiger partial charge in [0.1, 0.15) is 23.0 Å². The number of hydrogen-bond donors (Lipinski definition) is 2. The molecule has 0 aliphatic carbocycles. The highest BCUT2D eigenvalue weighted by atomic mass is 32.1. The van der Waals surface area contributed by atoms with Gasteiger partial charge >= 0.3 is 5.91 Å². The number of anilines is 1. The molecule has 1 aromatic heterocycles. The van der Waals surface area contributed by atoms with Crippen molar-refractivity contribution in [3.05, 3.63) is 82.9 Å². The molecule has 0 saturated carbocycles. The SMILES string of the molecule is COc1ccc2nc(N3C(=O)C(=O)/C(=C(/O)c4ccc5c(c4)CCCO5)C3c3ccc(O)cc3)sc2c1. The third-order valence-corrected chi connectivity index (χ3v) is 7.64. The summed E-state index contributed by atoms with van der Waals surface area (Å²) in [5, 5.41) is 21.6. The summed E-state index contributed by atoms with van der Waals surface area (Å²) in [7, 11) is 1.57. The van der Waals surface area contributed by atoms with Gasteiger partial charge in [0, 0.05) is 5.56 Å².